The highest BCUT2D eigenvalue weighted by atomic mass is 32.2. The Morgan fingerprint density at radius 1 is 0.912 bits per heavy atom. The molecule has 0 aliphatic rings. The molecule has 0 unspecified atom stereocenters. The molecule has 170 valence electrons. The first-order valence-corrected chi connectivity index (χ1v) is 12.1. The first kappa shape index (κ1) is 21.9. The van der Waals surface area contributed by atoms with Crippen LogP contribution in [0.5, 0.6) is 0 Å². The number of benzene rings is 3. The molecular formula is C26H23N5O2S. The van der Waals surface area contributed by atoms with Crippen LogP contribution in [0.2, 0.25) is 0 Å². The van der Waals surface area contributed by atoms with Crippen molar-refractivity contribution in [2.45, 2.75) is 25.0 Å². The molecule has 5 rings (SSSR count). The largest absolute Gasteiger partial charge is 0.325 e. The van der Waals surface area contributed by atoms with Crippen molar-refractivity contribution in [2.75, 3.05) is 11.1 Å². The summed E-state index contributed by atoms with van der Waals surface area (Å²) >= 11 is 1.29. The van der Waals surface area contributed by atoms with Gasteiger partial charge >= 0.3 is 0 Å². The Balaban J connectivity index is 1.35. The van der Waals surface area contributed by atoms with Crippen molar-refractivity contribution in [3.05, 3.63) is 89.2 Å². The maximum absolute atomic E-state index is 12.9. The van der Waals surface area contributed by atoms with E-state index in [4.69, 9.17) is 0 Å². The molecule has 0 radical (unpaired) electrons. The lowest BCUT2D eigenvalue weighted by molar-refractivity contribution is -0.113. The highest BCUT2D eigenvalue weighted by Gasteiger charge is 2.17. The highest BCUT2D eigenvalue weighted by molar-refractivity contribution is 7.99. The molecule has 2 aromatic heterocycles. The molecule has 2 heterocycles. The average molecular weight is 470 g/mol. The summed E-state index contributed by atoms with van der Waals surface area (Å²) in [7, 11) is 0. The van der Waals surface area contributed by atoms with Gasteiger partial charge in [-0.3, -0.25) is 18.6 Å². The topological polar surface area (TPSA) is 81.3 Å². The van der Waals surface area contributed by atoms with Gasteiger partial charge in [0, 0.05) is 12.2 Å². The summed E-state index contributed by atoms with van der Waals surface area (Å²) in [4.78, 5) is 25.6. The van der Waals surface area contributed by atoms with Crippen LogP contribution in [-0.2, 0) is 11.3 Å². The minimum atomic E-state index is -0.139. The third-order valence-electron chi connectivity index (χ3n) is 5.53. The molecule has 0 aliphatic carbocycles. The number of amides is 1. The van der Waals surface area contributed by atoms with Crippen LogP contribution >= 0.6 is 11.8 Å². The number of nitrogens with zero attached hydrogens (tertiary/aromatic N) is 4. The lowest BCUT2D eigenvalue weighted by Gasteiger charge is -2.10. The second kappa shape index (κ2) is 9.52. The van der Waals surface area contributed by atoms with Crippen LogP contribution in [0.25, 0.3) is 27.8 Å². The molecule has 8 heteroatoms. The van der Waals surface area contributed by atoms with Gasteiger partial charge in [0.2, 0.25) is 11.7 Å². The van der Waals surface area contributed by atoms with E-state index in [1.54, 1.807) is 4.57 Å². The monoisotopic (exact) mass is 469 g/mol. The van der Waals surface area contributed by atoms with E-state index in [1.165, 1.54) is 11.8 Å². The molecule has 0 spiro atoms. The minimum Gasteiger partial charge on any atom is -0.325 e. The fourth-order valence-corrected chi connectivity index (χ4v) is 4.70. The van der Waals surface area contributed by atoms with Gasteiger partial charge in [-0.25, -0.2) is 0 Å². The zero-order chi connectivity index (χ0) is 23.5. The summed E-state index contributed by atoms with van der Waals surface area (Å²) in [6, 6.07) is 25.3. The van der Waals surface area contributed by atoms with E-state index >= 15 is 0 Å². The second-order valence-corrected chi connectivity index (χ2v) is 8.81. The van der Waals surface area contributed by atoms with Gasteiger partial charge in [-0.1, -0.05) is 73.3 Å². The van der Waals surface area contributed by atoms with E-state index in [0.29, 0.717) is 22.9 Å². The summed E-state index contributed by atoms with van der Waals surface area (Å²) < 4.78 is 3.51. The van der Waals surface area contributed by atoms with Gasteiger partial charge < -0.3 is 5.32 Å². The van der Waals surface area contributed by atoms with Gasteiger partial charge in [0.1, 0.15) is 0 Å². The Hall–Kier alpha value is -3.91. The zero-order valence-electron chi connectivity index (χ0n) is 18.6. The number of nitrogens with one attached hydrogen (secondary N) is 1. The molecule has 0 saturated carbocycles. The maximum Gasteiger partial charge on any atom is 0.262 e. The quantitative estimate of drug-likeness (QED) is 0.345. The molecule has 5 aromatic rings. The van der Waals surface area contributed by atoms with E-state index in [0.717, 1.165) is 28.8 Å². The molecule has 0 fully saturated rings. The Labute approximate surface area is 200 Å². The van der Waals surface area contributed by atoms with Crippen molar-refractivity contribution in [1.82, 2.24) is 19.2 Å². The number of carbonyl (C=O) groups is 1. The Morgan fingerprint density at radius 2 is 1.62 bits per heavy atom. The number of para-hydroxylation sites is 1. The normalized spacial score (nSPS) is 11.2. The van der Waals surface area contributed by atoms with Crippen molar-refractivity contribution >= 4 is 40.0 Å². The van der Waals surface area contributed by atoms with Crippen molar-refractivity contribution in [3.63, 3.8) is 0 Å². The molecule has 3 aromatic carbocycles. The van der Waals surface area contributed by atoms with Gasteiger partial charge in [-0.2, -0.15) is 0 Å². The number of aryl methyl sites for hydroxylation is 1. The van der Waals surface area contributed by atoms with Crippen LogP contribution in [0.3, 0.4) is 0 Å². The smallest absolute Gasteiger partial charge is 0.262 e. The summed E-state index contributed by atoms with van der Waals surface area (Å²) in [6.45, 7) is 2.57. The number of aromatic nitrogens is 4. The van der Waals surface area contributed by atoms with E-state index in [9.17, 15) is 9.59 Å². The number of hydrogen-bond donors (Lipinski definition) is 1. The SMILES string of the molecule is CCCn1c(=O)c2ccccc2n2c(SCC(=O)Nc3ccc(-c4ccccc4)cc3)nnc12. The van der Waals surface area contributed by atoms with Gasteiger partial charge in [0.15, 0.2) is 5.16 Å². The molecule has 0 atom stereocenters. The fourth-order valence-electron chi connectivity index (χ4n) is 3.96. The molecule has 34 heavy (non-hydrogen) atoms. The van der Waals surface area contributed by atoms with Gasteiger partial charge in [-0.15, -0.1) is 10.2 Å². The van der Waals surface area contributed by atoms with Crippen molar-refractivity contribution in [2.24, 2.45) is 0 Å². The predicted octanol–water partition coefficient (Wildman–Crippen LogP) is 4.85. The molecule has 1 N–H and O–H groups in total. The number of fused-ring (bicyclic) bond motifs is 3. The second-order valence-electron chi connectivity index (χ2n) is 7.87. The van der Waals surface area contributed by atoms with Crippen LogP contribution < -0.4 is 10.9 Å². The predicted molar refractivity (Wildman–Crippen MR) is 136 cm³/mol. The number of rotatable bonds is 7. The van der Waals surface area contributed by atoms with E-state index in [2.05, 4.69) is 27.6 Å². The molecular weight excluding hydrogens is 446 g/mol. The zero-order valence-corrected chi connectivity index (χ0v) is 19.5. The van der Waals surface area contributed by atoms with Crippen LogP contribution in [0.4, 0.5) is 5.69 Å². The maximum atomic E-state index is 12.9. The lowest BCUT2D eigenvalue weighted by atomic mass is 10.1. The van der Waals surface area contributed by atoms with E-state index in [1.807, 2.05) is 78.1 Å². The van der Waals surface area contributed by atoms with Crippen LogP contribution in [0.15, 0.2) is 88.8 Å². The fraction of sp³-hybridized carbons (Fsp3) is 0.154. The highest BCUT2D eigenvalue weighted by Crippen LogP contribution is 2.23. The summed E-state index contributed by atoms with van der Waals surface area (Å²) in [5, 5.41) is 12.7. The van der Waals surface area contributed by atoms with Crippen LogP contribution in [0.1, 0.15) is 13.3 Å². The van der Waals surface area contributed by atoms with Crippen LogP contribution in [-0.4, -0.2) is 30.8 Å². The Morgan fingerprint density at radius 3 is 2.38 bits per heavy atom. The molecule has 0 saturated heterocycles. The third kappa shape index (κ3) is 4.20. The Kier molecular flexibility index (Phi) is 6.14. The van der Waals surface area contributed by atoms with E-state index < -0.39 is 0 Å². The minimum absolute atomic E-state index is 0.0782. The van der Waals surface area contributed by atoms with Gasteiger partial charge in [-0.05, 0) is 41.8 Å². The number of thioether (sulfide) groups is 1. The Bertz CT molecular complexity index is 1520. The van der Waals surface area contributed by atoms with Gasteiger partial charge in [0.05, 0.1) is 16.7 Å². The average Bonchev–Trinajstić information content (AvgIpc) is 3.30. The molecule has 0 bridgehead atoms. The van der Waals surface area contributed by atoms with E-state index in [-0.39, 0.29) is 17.2 Å². The number of carbonyl (C=O) groups excluding carboxylic acids is 1. The standard InChI is InChI=1S/C26H23N5O2S/c1-2-16-30-24(33)21-10-6-7-11-22(21)31-25(30)28-29-26(31)34-17-23(32)27-20-14-12-19(13-15-20)18-8-4-3-5-9-18/h3-15H,2,16-17H2,1H3,(H,27,32). The lowest BCUT2D eigenvalue weighted by Crippen LogP contribution is -2.23. The number of hydrogen-bond acceptors (Lipinski definition) is 5. The van der Waals surface area contributed by atoms with Gasteiger partial charge in [0.25, 0.3) is 5.56 Å². The third-order valence-corrected chi connectivity index (χ3v) is 6.46. The molecule has 7 nitrogen and oxygen atoms in total. The first-order chi connectivity index (χ1) is 16.7. The van der Waals surface area contributed by atoms with Crippen molar-refractivity contribution in [3.8, 4) is 11.1 Å². The summed E-state index contributed by atoms with van der Waals surface area (Å²) in [6.07, 6.45) is 0.800. The summed E-state index contributed by atoms with van der Waals surface area (Å²) in [5.74, 6) is 0.521. The number of anilines is 1. The first-order valence-electron chi connectivity index (χ1n) is 11.1. The van der Waals surface area contributed by atoms with Crippen molar-refractivity contribution < 1.29 is 4.79 Å². The molecule has 1 amide bonds. The summed E-state index contributed by atoms with van der Waals surface area (Å²) in [5.41, 5.74) is 3.61. The molecule has 0 aliphatic heterocycles. The van der Waals surface area contributed by atoms with Crippen LogP contribution in [0, 0.1) is 0 Å². The van der Waals surface area contributed by atoms with Crippen molar-refractivity contribution in [1.29, 1.82) is 0 Å².